The van der Waals surface area contributed by atoms with E-state index in [1.54, 1.807) is 12.1 Å². The monoisotopic (exact) mass is 387 g/mol. The number of benzene rings is 1. The number of methoxy groups -OCH3 is 1. The highest BCUT2D eigenvalue weighted by Gasteiger charge is 2.27. The quantitative estimate of drug-likeness (QED) is 0.585. The Morgan fingerprint density at radius 2 is 1.82 bits per heavy atom. The molecule has 1 aliphatic rings. The third-order valence-corrected chi connectivity index (χ3v) is 4.83. The van der Waals surface area contributed by atoms with Crippen molar-refractivity contribution in [3.05, 3.63) is 45.2 Å². The van der Waals surface area contributed by atoms with Crippen LogP contribution in [0.4, 0.5) is 5.82 Å². The lowest BCUT2D eigenvalue weighted by Crippen LogP contribution is -2.24. The maximum absolute atomic E-state index is 12.2. The van der Waals surface area contributed by atoms with Crippen LogP contribution in [0.15, 0.2) is 23.0 Å². The van der Waals surface area contributed by atoms with E-state index in [0.717, 1.165) is 31.5 Å². The molecule has 9 nitrogen and oxygen atoms in total. The largest absolute Gasteiger partial charge is 0.496 e. The molecule has 0 radical (unpaired) electrons. The standard InChI is InChI=1S/C19H21N3O6/c1-28-12-5-4-10(8-11(12)9-22-6-2-3-7-22)13-14(18(24)25)16(20)21-17(23)15(13)19(26)27/h4-5,8H,2-3,6-7,9H2,1H3,(H,24,25)(H,26,27)(H3,20,21,23). The SMILES string of the molecule is COc1ccc(-c2c(C(=O)O)c(N)[nH]c(=O)c2C(=O)O)cc1CN1CCCC1. The number of hydrogen-bond acceptors (Lipinski definition) is 6. The smallest absolute Gasteiger partial charge is 0.342 e. The van der Waals surface area contributed by atoms with Gasteiger partial charge in [0.25, 0.3) is 5.56 Å². The Kier molecular flexibility index (Phi) is 5.36. The van der Waals surface area contributed by atoms with Gasteiger partial charge in [-0.1, -0.05) is 6.07 Å². The Bertz CT molecular complexity index is 992. The van der Waals surface area contributed by atoms with Crippen LogP contribution in [0, 0.1) is 0 Å². The Morgan fingerprint density at radius 1 is 1.18 bits per heavy atom. The van der Waals surface area contributed by atoms with E-state index in [-0.39, 0.29) is 11.1 Å². The highest BCUT2D eigenvalue weighted by atomic mass is 16.5. The zero-order valence-electron chi connectivity index (χ0n) is 15.3. The molecule has 2 aromatic rings. The molecule has 1 aromatic heterocycles. The molecule has 0 aliphatic carbocycles. The van der Waals surface area contributed by atoms with Crippen molar-refractivity contribution >= 4 is 17.8 Å². The molecular weight excluding hydrogens is 366 g/mol. The van der Waals surface area contributed by atoms with Crippen LogP contribution in [0.1, 0.15) is 39.1 Å². The summed E-state index contributed by atoms with van der Waals surface area (Å²) in [4.78, 5) is 40.0. The van der Waals surface area contributed by atoms with Crippen molar-refractivity contribution in [1.82, 2.24) is 9.88 Å². The number of carboxylic acids is 2. The van der Waals surface area contributed by atoms with Crippen molar-refractivity contribution in [2.75, 3.05) is 25.9 Å². The zero-order valence-corrected chi connectivity index (χ0v) is 15.3. The van der Waals surface area contributed by atoms with E-state index < -0.39 is 34.4 Å². The molecule has 0 atom stereocenters. The molecule has 1 aromatic carbocycles. The lowest BCUT2D eigenvalue weighted by atomic mass is 9.94. The number of pyridine rings is 1. The third-order valence-electron chi connectivity index (χ3n) is 4.83. The highest BCUT2D eigenvalue weighted by Crippen LogP contribution is 2.33. The number of likely N-dealkylation sites (tertiary alicyclic amines) is 1. The molecule has 0 saturated carbocycles. The number of nitrogens with two attached hydrogens (primary N) is 1. The van der Waals surface area contributed by atoms with Gasteiger partial charge in [-0.05, 0) is 43.6 Å². The predicted octanol–water partition coefficient (Wildman–Crippen LogP) is 1.62. The second-order valence-electron chi connectivity index (χ2n) is 6.61. The first-order chi connectivity index (χ1) is 13.3. The zero-order chi connectivity index (χ0) is 20.4. The topological polar surface area (TPSA) is 146 Å². The molecule has 0 amide bonds. The van der Waals surface area contributed by atoms with Crippen molar-refractivity contribution < 1.29 is 24.5 Å². The molecule has 9 heteroatoms. The number of nitrogen functional groups attached to an aromatic ring is 1. The number of rotatable bonds is 6. The first-order valence-electron chi connectivity index (χ1n) is 8.75. The van der Waals surface area contributed by atoms with Crippen molar-refractivity contribution in [3.63, 3.8) is 0 Å². The van der Waals surface area contributed by atoms with Crippen molar-refractivity contribution in [3.8, 4) is 16.9 Å². The van der Waals surface area contributed by atoms with Crippen LogP contribution in [0.25, 0.3) is 11.1 Å². The van der Waals surface area contributed by atoms with Gasteiger partial charge < -0.3 is 25.7 Å². The average Bonchev–Trinajstić information content (AvgIpc) is 3.13. The van der Waals surface area contributed by atoms with Gasteiger partial charge in [-0.25, -0.2) is 9.59 Å². The molecule has 0 unspecified atom stereocenters. The number of carboxylic acid groups (broad SMARTS) is 2. The van der Waals surface area contributed by atoms with Gasteiger partial charge in [0.05, 0.1) is 7.11 Å². The summed E-state index contributed by atoms with van der Waals surface area (Å²) >= 11 is 0. The minimum Gasteiger partial charge on any atom is -0.496 e. The van der Waals surface area contributed by atoms with Crippen LogP contribution >= 0.6 is 0 Å². The molecule has 1 aliphatic heterocycles. The third kappa shape index (κ3) is 3.56. The number of H-pyrrole nitrogens is 1. The van der Waals surface area contributed by atoms with E-state index in [1.807, 2.05) is 0 Å². The van der Waals surface area contributed by atoms with Crippen molar-refractivity contribution in [1.29, 1.82) is 0 Å². The Morgan fingerprint density at radius 3 is 2.39 bits per heavy atom. The van der Waals surface area contributed by atoms with Crippen molar-refractivity contribution in [2.24, 2.45) is 0 Å². The van der Waals surface area contributed by atoms with Gasteiger partial charge in [0.1, 0.15) is 22.7 Å². The number of aromatic carboxylic acids is 2. The number of anilines is 1. The van der Waals surface area contributed by atoms with Gasteiger partial charge in [0, 0.05) is 17.7 Å². The molecule has 3 rings (SSSR count). The Balaban J connectivity index is 2.23. The molecule has 0 bridgehead atoms. The van der Waals surface area contributed by atoms with Crippen molar-refractivity contribution in [2.45, 2.75) is 19.4 Å². The summed E-state index contributed by atoms with van der Waals surface area (Å²) in [5, 5.41) is 19.1. The summed E-state index contributed by atoms with van der Waals surface area (Å²) in [5.74, 6) is -2.75. The summed E-state index contributed by atoms with van der Waals surface area (Å²) in [6, 6.07) is 4.82. The number of nitrogens with zero attached hydrogens (tertiary/aromatic N) is 1. The second-order valence-corrected chi connectivity index (χ2v) is 6.61. The minimum atomic E-state index is -1.53. The van der Waals surface area contributed by atoms with Crippen LogP contribution in [0.2, 0.25) is 0 Å². The molecule has 1 saturated heterocycles. The molecule has 28 heavy (non-hydrogen) atoms. The maximum Gasteiger partial charge on any atom is 0.342 e. The first kappa shape index (κ1) is 19.4. The van der Waals surface area contributed by atoms with Gasteiger partial charge >= 0.3 is 11.9 Å². The van der Waals surface area contributed by atoms with Gasteiger partial charge in [-0.2, -0.15) is 0 Å². The molecule has 0 spiro atoms. The van der Waals surface area contributed by atoms with E-state index in [0.29, 0.717) is 12.3 Å². The molecule has 148 valence electrons. The molecular formula is C19H21N3O6. The fourth-order valence-electron chi connectivity index (χ4n) is 3.57. The van der Waals surface area contributed by atoms with Gasteiger partial charge in [0.15, 0.2) is 0 Å². The summed E-state index contributed by atoms with van der Waals surface area (Å²) in [5.41, 5.74) is 4.46. The van der Waals surface area contributed by atoms with Crippen LogP contribution in [0.5, 0.6) is 5.75 Å². The second kappa shape index (κ2) is 7.73. The minimum absolute atomic E-state index is 0.216. The average molecular weight is 387 g/mol. The summed E-state index contributed by atoms with van der Waals surface area (Å²) < 4.78 is 5.40. The van der Waals surface area contributed by atoms with Crippen LogP contribution in [-0.2, 0) is 6.54 Å². The highest BCUT2D eigenvalue weighted by molar-refractivity contribution is 6.07. The van der Waals surface area contributed by atoms with Gasteiger partial charge in [-0.3, -0.25) is 9.69 Å². The molecule has 2 heterocycles. The summed E-state index contributed by atoms with van der Waals surface area (Å²) in [6.45, 7) is 2.44. The van der Waals surface area contributed by atoms with Crippen LogP contribution in [0.3, 0.4) is 0 Å². The summed E-state index contributed by atoms with van der Waals surface area (Å²) in [6.07, 6.45) is 2.19. The molecule has 1 fully saturated rings. The number of hydrogen-bond donors (Lipinski definition) is 4. The number of nitrogens with one attached hydrogen (secondary N) is 1. The van der Waals surface area contributed by atoms with E-state index >= 15 is 0 Å². The van der Waals surface area contributed by atoms with E-state index in [1.165, 1.54) is 13.2 Å². The van der Waals surface area contributed by atoms with Crippen LogP contribution in [-0.4, -0.2) is 52.2 Å². The van der Waals surface area contributed by atoms with Gasteiger partial charge in [0.2, 0.25) is 0 Å². The predicted molar refractivity (Wildman–Crippen MR) is 102 cm³/mol. The van der Waals surface area contributed by atoms with Gasteiger partial charge in [-0.15, -0.1) is 0 Å². The fourth-order valence-corrected chi connectivity index (χ4v) is 3.57. The lowest BCUT2D eigenvalue weighted by Gasteiger charge is -2.19. The maximum atomic E-state index is 12.2. The molecule has 5 N–H and O–H groups in total. The fraction of sp³-hybridized carbons (Fsp3) is 0.316. The summed E-state index contributed by atoms with van der Waals surface area (Å²) in [7, 11) is 1.53. The van der Waals surface area contributed by atoms with Crippen LogP contribution < -0.4 is 16.0 Å². The first-order valence-corrected chi connectivity index (χ1v) is 8.75. The Labute approximate surface area is 160 Å². The normalized spacial score (nSPS) is 14.2. The number of ether oxygens (including phenoxy) is 1. The number of carbonyl (C=O) groups is 2. The van der Waals surface area contributed by atoms with E-state index in [9.17, 15) is 24.6 Å². The van der Waals surface area contributed by atoms with E-state index in [4.69, 9.17) is 10.5 Å². The Hall–Kier alpha value is -3.33. The number of aromatic amines is 1. The van der Waals surface area contributed by atoms with E-state index in [2.05, 4.69) is 9.88 Å². The lowest BCUT2D eigenvalue weighted by molar-refractivity contribution is 0.0695. The number of aromatic nitrogens is 1.